The molecule has 0 fully saturated rings. The molecule has 0 radical (unpaired) electrons. The van der Waals surface area contributed by atoms with Crippen molar-refractivity contribution in [3.63, 3.8) is 0 Å². The quantitative estimate of drug-likeness (QED) is 0.586. The average Bonchev–Trinajstić information content (AvgIpc) is 2.72. The molecular formula is C22H18N4O. The summed E-state index contributed by atoms with van der Waals surface area (Å²) in [6.45, 7) is 0.412. The van der Waals surface area contributed by atoms with E-state index in [0.29, 0.717) is 18.2 Å². The van der Waals surface area contributed by atoms with E-state index < -0.39 is 0 Å². The molecule has 27 heavy (non-hydrogen) atoms. The second-order valence-electron chi connectivity index (χ2n) is 6.11. The Balaban J connectivity index is 1.79. The molecule has 0 amide bonds. The molecule has 0 bridgehead atoms. The number of pyridine rings is 1. The van der Waals surface area contributed by atoms with Crippen LogP contribution < -0.4 is 10.9 Å². The van der Waals surface area contributed by atoms with Crippen molar-refractivity contribution in [2.45, 2.75) is 6.54 Å². The topological polar surface area (TPSA) is 59.8 Å². The van der Waals surface area contributed by atoms with Crippen LogP contribution in [0.15, 0.2) is 96.1 Å². The van der Waals surface area contributed by atoms with Crippen LogP contribution in [0.1, 0.15) is 5.56 Å². The van der Waals surface area contributed by atoms with E-state index in [1.165, 1.54) is 6.07 Å². The number of para-hydroxylation sites is 1. The summed E-state index contributed by atoms with van der Waals surface area (Å²) in [5, 5.41) is 3.21. The molecule has 0 aliphatic rings. The van der Waals surface area contributed by atoms with Crippen LogP contribution in [0.25, 0.3) is 11.4 Å². The third-order valence-electron chi connectivity index (χ3n) is 4.15. The third kappa shape index (κ3) is 3.93. The molecule has 5 nitrogen and oxygen atoms in total. The summed E-state index contributed by atoms with van der Waals surface area (Å²) >= 11 is 0. The first kappa shape index (κ1) is 16.7. The molecule has 0 spiro atoms. The predicted octanol–water partition coefficient (Wildman–Crippen LogP) is 4.10. The molecule has 0 aliphatic carbocycles. The smallest absolute Gasteiger partial charge is 0.256 e. The highest BCUT2D eigenvalue weighted by Gasteiger charge is 2.12. The number of nitrogens with one attached hydrogen (secondary N) is 1. The lowest BCUT2D eigenvalue weighted by atomic mass is 10.2. The second kappa shape index (κ2) is 7.66. The van der Waals surface area contributed by atoms with E-state index in [9.17, 15) is 4.79 Å². The van der Waals surface area contributed by atoms with E-state index in [4.69, 9.17) is 4.98 Å². The minimum Gasteiger partial charge on any atom is -0.340 e. The minimum atomic E-state index is -0.119. The van der Waals surface area contributed by atoms with E-state index in [1.807, 2.05) is 72.8 Å². The van der Waals surface area contributed by atoms with Crippen LogP contribution in [0, 0.1) is 0 Å². The van der Waals surface area contributed by atoms with E-state index in [-0.39, 0.29) is 5.56 Å². The molecule has 0 unspecified atom stereocenters. The maximum atomic E-state index is 12.9. The van der Waals surface area contributed by atoms with Crippen LogP contribution in [0.5, 0.6) is 0 Å². The van der Waals surface area contributed by atoms with Gasteiger partial charge in [0.05, 0.1) is 6.54 Å². The Morgan fingerprint density at radius 2 is 1.63 bits per heavy atom. The van der Waals surface area contributed by atoms with Crippen molar-refractivity contribution in [1.82, 2.24) is 14.5 Å². The van der Waals surface area contributed by atoms with Crippen LogP contribution in [0.3, 0.4) is 0 Å². The molecule has 4 rings (SSSR count). The highest BCUT2D eigenvalue weighted by Crippen LogP contribution is 2.20. The standard InChI is InChI=1S/C22H18N4O/c27-21-14-20(24-19-11-5-2-6-12-19)25-22(18-9-3-1-4-10-18)26(21)16-17-8-7-13-23-15-17/h1-15,24H,16H2. The zero-order chi connectivity index (χ0) is 18.5. The lowest BCUT2D eigenvalue weighted by Crippen LogP contribution is -2.24. The molecule has 5 heteroatoms. The fourth-order valence-electron chi connectivity index (χ4n) is 2.87. The van der Waals surface area contributed by atoms with Crippen molar-refractivity contribution in [3.8, 4) is 11.4 Å². The summed E-state index contributed by atoms with van der Waals surface area (Å²) in [4.78, 5) is 21.8. The number of hydrogen-bond acceptors (Lipinski definition) is 4. The molecule has 2 aromatic carbocycles. The van der Waals surface area contributed by atoms with Gasteiger partial charge in [-0.25, -0.2) is 4.98 Å². The number of hydrogen-bond donors (Lipinski definition) is 1. The number of aromatic nitrogens is 3. The lowest BCUT2D eigenvalue weighted by molar-refractivity contribution is 0.746. The number of benzene rings is 2. The molecule has 0 saturated carbocycles. The average molecular weight is 354 g/mol. The van der Waals surface area contributed by atoms with Crippen LogP contribution in [-0.4, -0.2) is 14.5 Å². The van der Waals surface area contributed by atoms with Crippen molar-refractivity contribution in [1.29, 1.82) is 0 Å². The Bertz CT molecular complexity index is 1080. The van der Waals surface area contributed by atoms with Crippen molar-refractivity contribution in [3.05, 3.63) is 107 Å². The van der Waals surface area contributed by atoms with Gasteiger partial charge in [0.2, 0.25) is 0 Å². The molecule has 132 valence electrons. The SMILES string of the molecule is O=c1cc(Nc2ccccc2)nc(-c2ccccc2)n1Cc1cccnc1. The van der Waals surface area contributed by atoms with Gasteiger partial charge in [-0.2, -0.15) is 0 Å². The molecular weight excluding hydrogens is 336 g/mol. The molecule has 1 N–H and O–H groups in total. The second-order valence-corrected chi connectivity index (χ2v) is 6.11. The lowest BCUT2D eigenvalue weighted by Gasteiger charge is -2.14. The predicted molar refractivity (Wildman–Crippen MR) is 107 cm³/mol. The molecule has 0 aliphatic heterocycles. The summed E-state index contributed by atoms with van der Waals surface area (Å²) < 4.78 is 1.67. The summed E-state index contributed by atoms with van der Waals surface area (Å²) in [6.07, 6.45) is 3.48. The van der Waals surface area contributed by atoms with Gasteiger partial charge in [0.1, 0.15) is 11.6 Å². The maximum absolute atomic E-state index is 12.9. The summed E-state index contributed by atoms with van der Waals surface area (Å²) in [5.41, 5.74) is 2.59. The summed E-state index contributed by atoms with van der Waals surface area (Å²) in [5.74, 6) is 1.14. The monoisotopic (exact) mass is 354 g/mol. The summed E-state index contributed by atoms with van der Waals surface area (Å²) in [6, 6.07) is 24.7. The van der Waals surface area contributed by atoms with Gasteiger partial charge in [-0.05, 0) is 23.8 Å². The van der Waals surface area contributed by atoms with Gasteiger partial charge in [-0.3, -0.25) is 14.3 Å². The number of rotatable bonds is 5. The fraction of sp³-hybridized carbons (Fsp3) is 0.0455. The zero-order valence-electron chi connectivity index (χ0n) is 14.6. The Labute approximate surface area is 157 Å². The normalized spacial score (nSPS) is 10.5. The van der Waals surface area contributed by atoms with Crippen molar-refractivity contribution in [2.75, 3.05) is 5.32 Å². The first-order chi connectivity index (χ1) is 13.3. The van der Waals surface area contributed by atoms with Gasteiger partial charge in [-0.1, -0.05) is 54.6 Å². The van der Waals surface area contributed by atoms with Gasteiger partial charge in [-0.15, -0.1) is 0 Å². The summed E-state index contributed by atoms with van der Waals surface area (Å²) in [7, 11) is 0. The first-order valence-electron chi connectivity index (χ1n) is 8.68. The minimum absolute atomic E-state index is 0.119. The highest BCUT2D eigenvalue weighted by atomic mass is 16.1. The van der Waals surface area contributed by atoms with Crippen LogP contribution >= 0.6 is 0 Å². The van der Waals surface area contributed by atoms with Gasteiger partial charge < -0.3 is 5.32 Å². The van der Waals surface area contributed by atoms with Crippen molar-refractivity contribution in [2.24, 2.45) is 0 Å². The third-order valence-corrected chi connectivity index (χ3v) is 4.15. The number of anilines is 2. The Morgan fingerprint density at radius 3 is 2.33 bits per heavy atom. The first-order valence-corrected chi connectivity index (χ1v) is 8.68. The Kier molecular flexibility index (Phi) is 4.74. The largest absolute Gasteiger partial charge is 0.340 e. The van der Waals surface area contributed by atoms with Crippen molar-refractivity contribution < 1.29 is 0 Å². The highest BCUT2D eigenvalue weighted by molar-refractivity contribution is 5.61. The van der Waals surface area contributed by atoms with Crippen molar-refractivity contribution >= 4 is 11.5 Å². The molecule has 2 aromatic heterocycles. The van der Waals surface area contributed by atoms with E-state index >= 15 is 0 Å². The van der Waals surface area contributed by atoms with Crippen LogP contribution in [0.2, 0.25) is 0 Å². The Hall–Kier alpha value is -3.73. The van der Waals surface area contributed by atoms with E-state index in [2.05, 4.69) is 10.3 Å². The van der Waals surface area contributed by atoms with Crippen LogP contribution in [0.4, 0.5) is 11.5 Å². The molecule has 0 saturated heterocycles. The van der Waals surface area contributed by atoms with E-state index in [0.717, 1.165) is 16.8 Å². The van der Waals surface area contributed by atoms with Gasteiger partial charge in [0.15, 0.2) is 0 Å². The molecule has 4 aromatic rings. The van der Waals surface area contributed by atoms with E-state index in [1.54, 1.807) is 17.0 Å². The van der Waals surface area contributed by atoms with Crippen LogP contribution in [-0.2, 0) is 6.54 Å². The Morgan fingerprint density at radius 1 is 0.889 bits per heavy atom. The van der Waals surface area contributed by atoms with Gasteiger partial charge >= 0.3 is 0 Å². The molecule has 0 atom stereocenters. The number of nitrogens with zero attached hydrogens (tertiary/aromatic N) is 3. The fourth-order valence-corrected chi connectivity index (χ4v) is 2.87. The molecule has 2 heterocycles. The zero-order valence-corrected chi connectivity index (χ0v) is 14.6. The van der Waals surface area contributed by atoms with Gasteiger partial charge in [0.25, 0.3) is 5.56 Å². The maximum Gasteiger partial charge on any atom is 0.256 e. The van der Waals surface area contributed by atoms with Gasteiger partial charge in [0, 0.05) is 29.7 Å².